The van der Waals surface area contributed by atoms with Crippen molar-refractivity contribution in [2.75, 3.05) is 40.4 Å². The SMILES string of the molecule is COc1ccc(OC)c(S(=O)(=O)N2CCN(C(=O)[C@H](C)NC(=O)c3ccccc3)CC2)c1. The summed E-state index contributed by atoms with van der Waals surface area (Å²) in [6.45, 7) is 2.32. The van der Waals surface area contributed by atoms with Gasteiger partial charge in [-0.15, -0.1) is 0 Å². The van der Waals surface area contributed by atoms with Gasteiger partial charge in [-0.2, -0.15) is 4.31 Å². The second kappa shape index (κ2) is 10.0. The zero-order valence-electron chi connectivity index (χ0n) is 18.3. The first kappa shape index (κ1) is 23.6. The van der Waals surface area contributed by atoms with E-state index in [4.69, 9.17) is 9.47 Å². The van der Waals surface area contributed by atoms with Crippen molar-refractivity contribution in [2.45, 2.75) is 17.9 Å². The lowest BCUT2D eigenvalue weighted by molar-refractivity contribution is -0.134. The van der Waals surface area contributed by atoms with Crippen molar-refractivity contribution in [2.24, 2.45) is 0 Å². The van der Waals surface area contributed by atoms with Crippen LogP contribution in [0.25, 0.3) is 0 Å². The molecule has 1 saturated heterocycles. The predicted molar refractivity (Wildman–Crippen MR) is 118 cm³/mol. The zero-order valence-corrected chi connectivity index (χ0v) is 19.1. The Morgan fingerprint density at radius 3 is 2.22 bits per heavy atom. The third-order valence-electron chi connectivity index (χ3n) is 5.29. The fourth-order valence-corrected chi connectivity index (χ4v) is 5.07. The minimum absolute atomic E-state index is 0.0163. The number of piperazine rings is 1. The van der Waals surface area contributed by atoms with E-state index in [9.17, 15) is 18.0 Å². The Morgan fingerprint density at radius 2 is 1.62 bits per heavy atom. The van der Waals surface area contributed by atoms with Crippen LogP contribution in [0.4, 0.5) is 0 Å². The highest BCUT2D eigenvalue weighted by molar-refractivity contribution is 7.89. The molecule has 0 unspecified atom stereocenters. The van der Waals surface area contributed by atoms with E-state index in [0.717, 1.165) is 0 Å². The molecule has 1 fully saturated rings. The van der Waals surface area contributed by atoms with Crippen molar-refractivity contribution in [3.63, 3.8) is 0 Å². The molecule has 0 bridgehead atoms. The standard InChI is InChI=1S/C22H27N3O6S/c1-16(23-21(26)17-7-5-4-6-8-17)22(27)24-11-13-25(14-12-24)32(28,29)20-15-18(30-2)9-10-19(20)31-3/h4-10,15-16H,11-14H2,1-3H3,(H,23,26)/t16-/m0/s1. The highest BCUT2D eigenvalue weighted by Gasteiger charge is 2.33. The highest BCUT2D eigenvalue weighted by Crippen LogP contribution is 2.31. The maximum absolute atomic E-state index is 13.2. The van der Waals surface area contributed by atoms with E-state index in [1.807, 2.05) is 0 Å². The molecule has 10 heteroatoms. The van der Waals surface area contributed by atoms with Crippen LogP contribution in [0.5, 0.6) is 11.5 Å². The van der Waals surface area contributed by atoms with E-state index in [-0.39, 0.29) is 48.6 Å². The van der Waals surface area contributed by atoms with Crippen molar-refractivity contribution in [1.29, 1.82) is 0 Å². The van der Waals surface area contributed by atoms with Crippen LogP contribution in [-0.4, -0.2) is 75.9 Å². The Hall–Kier alpha value is -3.11. The van der Waals surface area contributed by atoms with Gasteiger partial charge in [-0.05, 0) is 31.2 Å². The fraction of sp³-hybridized carbons (Fsp3) is 0.364. The molecule has 3 rings (SSSR count). The molecule has 32 heavy (non-hydrogen) atoms. The number of nitrogens with zero attached hydrogens (tertiary/aromatic N) is 2. The minimum Gasteiger partial charge on any atom is -0.497 e. The van der Waals surface area contributed by atoms with Gasteiger partial charge < -0.3 is 19.7 Å². The maximum atomic E-state index is 13.2. The summed E-state index contributed by atoms with van der Waals surface area (Å²) in [4.78, 5) is 26.7. The lowest BCUT2D eigenvalue weighted by Gasteiger charge is -2.35. The Balaban J connectivity index is 1.64. The van der Waals surface area contributed by atoms with Gasteiger partial charge in [0.15, 0.2) is 0 Å². The van der Waals surface area contributed by atoms with E-state index in [0.29, 0.717) is 11.3 Å². The van der Waals surface area contributed by atoms with E-state index in [1.54, 1.807) is 54.3 Å². The van der Waals surface area contributed by atoms with Crippen molar-refractivity contribution < 1.29 is 27.5 Å². The third-order valence-corrected chi connectivity index (χ3v) is 7.21. The number of sulfonamides is 1. The van der Waals surface area contributed by atoms with E-state index < -0.39 is 16.1 Å². The number of benzene rings is 2. The van der Waals surface area contributed by atoms with Gasteiger partial charge in [-0.3, -0.25) is 9.59 Å². The molecular formula is C22H27N3O6S. The molecule has 9 nitrogen and oxygen atoms in total. The van der Waals surface area contributed by atoms with Gasteiger partial charge in [-0.25, -0.2) is 8.42 Å². The van der Waals surface area contributed by atoms with E-state index in [2.05, 4.69) is 5.32 Å². The molecule has 2 amide bonds. The summed E-state index contributed by atoms with van der Waals surface area (Å²) < 4.78 is 38.0. The molecule has 2 aromatic rings. The molecule has 0 radical (unpaired) electrons. The molecule has 0 aromatic heterocycles. The van der Waals surface area contributed by atoms with Gasteiger partial charge in [0.25, 0.3) is 5.91 Å². The largest absolute Gasteiger partial charge is 0.497 e. The van der Waals surface area contributed by atoms with Crippen molar-refractivity contribution in [3.8, 4) is 11.5 Å². The second-order valence-corrected chi connectivity index (χ2v) is 9.21. The normalized spacial score (nSPS) is 15.7. The molecule has 1 aliphatic heterocycles. The van der Waals surface area contributed by atoms with Crippen molar-refractivity contribution in [1.82, 2.24) is 14.5 Å². The smallest absolute Gasteiger partial charge is 0.251 e. The highest BCUT2D eigenvalue weighted by atomic mass is 32.2. The number of amides is 2. The average molecular weight is 462 g/mol. The summed E-state index contributed by atoms with van der Waals surface area (Å²) in [5, 5.41) is 2.70. The minimum atomic E-state index is -3.84. The first-order valence-electron chi connectivity index (χ1n) is 10.1. The zero-order chi connectivity index (χ0) is 23.3. The Kier molecular flexibility index (Phi) is 7.37. The number of carbonyl (C=O) groups excluding carboxylic acids is 2. The number of carbonyl (C=O) groups is 2. The number of nitrogens with one attached hydrogen (secondary N) is 1. The maximum Gasteiger partial charge on any atom is 0.251 e. The molecule has 1 heterocycles. The van der Waals surface area contributed by atoms with Crippen LogP contribution in [0, 0.1) is 0 Å². The van der Waals surface area contributed by atoms with Crippen LogP contribution >= 0.6 is 0 Å². The first-order valence-corrected chi connectivity index (χ1v) is 11.6. The summed E-state index contributed by atoms with van der Waals surface area (Å²) in [7, 11) is -0.977. The number of ether oxygens (including phenoxy) is 2. The Labute approximate surface area is 188 Å². The van der Waals surface area contributed by atoms with Crippen LogP contribution in [0.2, 0.25) is 0 Å². The molecule has 0 aliphatic carbocycles. The van der Waals surface area contributed by atoms with Gasteiger partial charge in [0.1, 0.15) is 22.4 Å². The third kappa shape index (κ3) is 5.03. The second-order valence-electron chi connectivity index (χ2n) is 7.31. The van der Waals surface area contributed by atoms with Crippen LogP contribution in [0.3, 0.4) is 0 Å². The lowest BCUT2D eigenvalue weighted by atomic mass is 10.2. The monoisotopic (exact) mass is 461 g/mol. The summed E-state index contributed by atoms with van der Waals surface area (Å²) in [5.74, 6) is 0.0331. The summed E-state index contributed by atoms with van der Waals surface area (Å²) in [5.41, 5.74) is 0.468. The van der Waals surface area contributed by atoms with Gasteiger partial charge in [0, 0.05) is 37.8 Å². The van der Waals surface area contributed by atoms with Gasteiger partial charge in [-0.1, -0.05) is 18.2 Å². The van der Waals surface area contributed by atoms with Gasteiger partial charge >= 0.3 is 0 Å². The molecule has 0 spiro atoms. The number of hydrogen-bond donors (Lipinski definition) is 1. The fourth-order valence-electron chi connectivity index (χ4n) is 3.48. The van der Waals surface area contributed by atoms with Crippen molar-refractivity contribution >= 4 is 21.8 Å². The number of hydrogen-bond acceptors (Lipinski definition) is 6. The number of methoxy groups -OCH3 is 2. The van der Waals surface area contributed by atoms with Crippen LogP contribution < -0.4 is 14.8 Å². The molecule has 0 saturated carbocycles. The summed E-state index contributed by atoms with van der Waals surface area (Å²) in [6.07, 6.45) is 0. The topological polar surface area (TPSA) is 105 Å². The van der Waals surface area contributed by atoms with E-state index in [1.165, 1.54) is 24.6 Å². The molecular weight excluding hydrogens is 434 g/mol. The Morgan fingerprint density at radius 1 is 0.969 bits per heavy atom. The Bertz CT molecular complexity index is 1070. The summed E-state index contributed by atoms with van der Waals surface area (Å²) >= 11 is 0. The summed E-state index contributed by atoms with van der Waals surface area (Å²) in [6, 6.07) is 12.5. The lowest BCUT2D eigenvalue weighted by Crippen LogP contribution is -2.55. The van der Waals surface area contributed by atoms with Crippen LogP contribution in [0.15, 0.2) is 53.4 Å². The molecule has 1 atom stereocenters. The van der Waals surface area contributed by atoms with E-state index >= 15 is 0 Å². The molecule has 1 N–H and O–H groups in total. The quantitative estimate of drug-likeness (QED) is 0.668. The average Bonchev–Trinajstić information content (AvgIpc) is 2.83. The molecule has 172 valence electrons. The number of rotatable bonds is 7. The van der Waals surface area contributed by atoms with Crippen LogP contribution in [0.1, 0.15) is 17.3 Å². The predicted octanol–water partition coefficient (Wildman–Crippen LogP) is 1.36. The van der Waals surface area contributed by atoms with Crippen molar-refractivity contribution in [3.05, 3.63) is 54.1 Å². The molecule has 1 aliphatic rings. The van der Waals surface area contributed by atoms with Gasteiger partial charge in [0.05, 0.1) is 14.2 Å². The van der Waals surface area contributed by atoms with Crippen LogP contribution in [-0.2, 0) is 14.8 Å². The van der Waals surface area contributed by atoms with Gasteiger partial charge in [0.2, 0.25) is 15.9 Å². The first-order chi connectivity index (χ1) is 15.3. The molecule has 2 aromatic carbocycles.